The van der Waals surface area contributed by atoms with Gasteiger partial charge >= 0.3 is 0 Å². The van der Waals surface area contributed by atoms with Crippen LogP contribution in [0.1, 0.15) is 107 Å². The van der Waals surface area contributed by atoms with Crippen molar-refractivity contribution < 1.29 is 0 Å². The van der Waals surface area contributed by atoms with Crippen LogP contribution in [0.3, 0.4) is 0 Å². The molecule has 8 aromatic rings. The van der Waals surface area contributed by atoms with Gasteiger partial charge in [0.25, 0.3) is 0 Å². The van der Waals surface area contributed by atoms with Gasteiger partial charge in [0.2, 0.25) is 0 Å². The van der Waals surface area contributed by atoms with Gasteiger partial charge in [-0.15, -0.1) is 0 Å². The lowest BCUT2D eigenvalue weighted by Gasteiger charge is -2.34. The van der Waals surface area contributed by atoms with E-state index in [1.807, 2.05) is 0 Å². The van der Waals surface area contributed by atoms with Crippen molar-refractivity contribution in [3.05, 3.63) is 206 Å². The van der Waals surface area contributed by atoms with Crippen molar-refractivity contribution in [2.24, 2.45) is 0 Å². The number of hydrogen-bond donors (Lipinski definition) is 0. The van der Waals surface area contributed by atoms with E-state index in [9.17, 15) is 0 Å². The van der Waals surface area contributed by atoms with Gasteiger partial charge in [-0.3, -0.25) is 0 Å². The molecular weight excluding hydrogens is 735 g/mol. The molecule has 0 heterocycles. The van der Waals surface area contributed by atoms with Crippen molar-refractivity contribution in [3.8, 4) is 33.4 Å². The number of anilines is 3. The van der Waals surface area contributed by atoms with E-state index < -0.39 is 0 Å². The van der Waals surface area contributed by atoms with Gasteiger partial charge in [0.05, 0.1) is 0 Å². The minimum absolute atomic E-state index is 0.200. The lowest BCUT2D eigenvalue weighted by molar-refractivity contribution is 0.624. The molecule has 8 aromatic carbocycles. The Kier molecular flexibility index (Phi) is 7.86. The molecule has 0 radical (unpaired) electrons. The first-order chi connectivity index (χ1) is 29.1. The Morgan fingerprint density at radius 3 is 1.52 bits per heavy atom. The first-order valence-electron chi connectivity index (χ1n) is 22.2. The van der Waals surface area contributed by atoms with E-state index in [0.29, 0.717) is 0 Å². The molecule has 300 valence electrons. The van der Waals surface area contributed by atoms with Crippen molar-refractivity contribution in [2.45, 2.75) is 92.4 Å². The zero-order valence-electron chi connectivity index (χ0n) is 37.6. The van der Waals surface area contributed by atoms with Gasteiger partial charge in [-0.2, -0.15) is 0 Å². The molecule has 0 amide bonds. The molecule has 0 saturated heterocycles. The van der Waals surface area contributed by atoms with Crippen LogP contribution < -0.4 is 4.90 Å². The lowest BCUT2D eigenvalue weighted by atomic mass is 9.68. The van der Waals surface area contributed by atoms with Crippen LogP contribution >= 0.6 is 0 Å². The number of benzene rings is 8. The summed E-state index contributed by atoms with van der Waals surface area (Å²) < 4.78 is 0. The first-order valence-corrected chi connectivity index (χ1v) is 22.2. The molecule has 1 unspecified atom stereocenters. The fourth-order valence-electron chi connectivity index (χ4n) is 12.4. The lowest BCUT2D eigenvalue weighted by Crippen LogP contribution is -2.28. The third kappa shape index (κ3) is 5.07. The Morgan fingerprint density at radius 1 is 0.361 bits per heavy atom. The molecule has 0 aliphatic heterocycles. The second-order valence-electron chi connectivity index (χ2n) is 19.9. The third-order valence-corrected chi connectivity index (χ3v) is 15.2. The van der Waals surface area contributed by atoms with E-state index >= 15 is 0 Å². The van der Waals surface area contributed by atoms with Crippen LogP contribution in [-0.4, -0.2) is 0 Å². The van der Waals surface area contributed by atoms with Gasteiger partial charge < -0.3 is 4.90 Å². The minimum Gasteiger partial charge on any atom is -0.310 e. The highest BCUT2D eigenvalue weighted by atomic mass is 15.1. The summed E-state index contributed by atoms with van der Waals surface area (Å²) in [5.74, 6) is 0. The molecule has 3 aliphatic carbocycles. The normalized spacial score (nSPS) is 17.1. The van der Waals surface area contributed by atoms with E-state index in [1.165, 1.54) is 134 Å². The van der Waals surface area contributed by atoms with Crippen LogP contribution in [0.15, 0.2) is 133 Å². The average molecular weight is 790 g/mol. The van der Waals surface area contributed by atoms with Crippen molar-refractivity contribution in [1.29, 1.82) is 0 Å². The van der Waals surface area contributed by atoms with Crippen molar-refractivity contribution in [3.63, 3.8) is 0 Å². The molecule has 0 N–H and O–H groups in total. The summed E-state index contributed by atoms with van der Waals surface area (Å²) in [4.78, 5) is 2.47. The molecule has 1 heteroatoms. The molecule has 0 aromatic heterocycles. The van der Waals surface area contributed by atoms with E-state index in [0.717, 1.165) is 0 Å². The van der Waals surface area contributed by atoms with Gasteiger partial charge in [-0.1, -0.05) is 113 Å². The summed E-state index contributed by atoms with van der Waals surface area (Å²) >= 11 is 0. The van der Waals surface area contributed by atoms with E-state index in [1.54, 1.807) is 0 Å². The topological polar surface area (TPSA) is 3.24 Å². The maximum atomic E-state index is 2.60. The second kappa shape index (κ2) is 12.7. The van der Waals surface area contributed by atoms with E-state index in [2.05, 4.69) is 215 Å². The van der Waals surface area contributed by atoms with Gasteiger partial charge in [-0.25, -0.2) is 0 Å². The summed E-state index contributed by atoms with van der Waals surface area (Å²) in [7, 11) is 0. The molecule has 0 spiro atoms. The van der Waals surface area contributed by atoms with Crippen molar-refractivity contribution in [2.75, 3.05) is 4.90 Å². The van der Waals surface area contributed by atoms with Crippen LogP contribution in [-0.2, 0) is 16.2 Å². The van der Waals surface area contributed by atoms with E-state index in [-0.39, 0.29) is 16.2 Å². The molecule has 0 saturated carbocycles. The number of hydrogen-bond acceptors (Lipinski definition) is 1. The second-order valence-corrected chi connectivity index (χ2v) is 19.9. The highest BCUT2D eigenvalue weighted by Crippen LogP contribution is 2.64. The van der Waals surface area contributed by atoms with Crippen LogP contribution in [0, 0.1) is 41.5 Å². The summed E-state index contributed by atoms with van der Waals surface area (Å²) in [6, 6.07) is 51.7. The molecule has 61 heavy (non-hydrogen) atoms. The molecule has 11 rings (SSSR count). The van der Waals surface area contributed by atoms with Crippen LogP contribution in [0.25, 0.3) is 44.2 Å². The first kappa shape index (κ1) is 37.8. The standard InChI is InChI=1S/C60H55N/c1-34-25-35(2)28-42(27-34)61(43-29-36(3)26-37(4)30-43)41-21-22-45-49-33-53-50(32-52(49)58(7,8)51(45)31-41)47-23-24-48-54-39(6)38(5)44-19-15-16-20-46(44)55(54)59(9,10)56(48)57(47)60(53,11)40-17-13-12-14-18-40/h12-33H,1-11H3. The third-order valence-electron chi connectivity index (χ3n) is 15.2. The number of rotatable bonds is 4. The number of nitrogens with zero attached hydrogens (tertiary/aromatic N) is 1. The molecule has 1 atom stereocenters. The monoisotopic (exact) mass is 789 g/mol. The van der Waals surface area contributed by atoms with Gasteiger partial charge in [0.1, 0.15) is 0 Å². The largest absolute Gasteiger partial charge is 0.310 e. The van der Waals surface area contributed by atoms with Gasteiger partial charge in [-0.05, 0) is 213 Å². The zero-order valence-corrected chi connectivity index (χ0v) is 37.6. The predicted octanol–water partition coefficient (Wildman–Crippen LogP) is 16.1. The maximum absolute atomic E-state index is 2.60. The summed E-state index contributed by atoms with van der Waals surface area (Å²) in [5.41, 5.74) is 29.0. The highest BCUT2D eigenvalue weighted by Gasteiger charge is 2.51. The van der Waals surface area contributed by atoms with Crippen LogP contribution in [0.2, 0.25) is 0 Å². The van der Waals surface area contributed by atoms with Crippen LogP contribution in [0.5, 0.6) is 0 Å². The number of fused-ring (bicyclic) bond motifs is 12. The SMILES string of the molecule is Cc1cc(C)cc(N(c2cc(C)cc(C)c2)c2ccc3c(c2)C(C)(C)c2cc4c(cc2-3)C(C)(c2ccccc2)c2c-4ccc3c2C(C)(C)c2c-3c(C)c(C)c3ccccc23)c1. The summed E-state index contributed by atoms with van der Waals surface area (Å²) in [6.07, 6.45) is 0. The summed E-state index contributed by atoms with van der Waals surface area (Å²) in [5, 5.41) is 2.76. The maximum Gasteiger partial charge on any atom is 0.0466 e. The molecule has 1 nitrogen and oxygen atoms in total. The Balaban J connectivity index is 1.13. The van der Waals surface area contributed by atoms with Crippen molar-refractivity contribution >= 4 is 27.8 Å². The smallest absolute Gasteiger partial charge is 0.0466 e. The zero-order chi connectivity index (χ0) is 42.5. The van der Waals surface area contributed by atoms with Gasteiger partial charge in [0, 0.05) is 33.3 Å². The Hall–Kier alpha value is -6.18. The Bertz CT molecular complexity index is 3120. The van der Waals surface area contributed by atoms with Crippen LogP contribution in [0.4, 0.5) is 17.1 Å². The van der Waals surface area contributed by atoms with Crippen molar-refractivity contribution in [1.82, 2.24) is 0 Å². The molecule has 0 bridgehead atoms. The fourth-order valence-corrected chi connectivity index (χ4v) is 12.4. The quantitative estimate of drug-likeness (QED) is 0.172. The number of aryl methyl sites for hydroxylation is 5. The van der Waals surface area contributed by atoms with Gasteiger partial charge in [0.15, 0.2) is 0 Å². The Labute approximate surface area is 362 Å². The highest BCUT2D eigenvalue weighted by molar-refractivity contribution is 6.04. The molecule has 0 fully saturated rings. The predicted molar refractivity (Wildman–Crippen MR) is 260 cm³/mol. The minimum atomic E-state index is -0.361. The molecule has 3 aliphatic rings. The van der Waals surface area contributed by atoms with E-state index in [4.69, 9.17) is 0 Å². The average Bonchev–Trinajstić information content (AvgIpc) is 3.72. The molecular formula is C60H55N. The Morgan fingerprint density at radius 2 is 0.885 bits per heavy atom. The summed E-state index contributed by atoms with van der Waals surface area (Å²) in [6.45, 7) is 25.9. The fraction of sp³-hybridized carbons (Fsp3) is 0.233.